The Morgan fingerprint density at radius 2 is 1.07 bits per heavy atom. The molecule has 0 N–H and O–H groups in total. The molecule has 28 heavy (non-hydrogen) atoms. The SMILES string of the molecule is CCC1CC(C)C2C3CC(C2C1C)C1C(C)C2C4CC(CC)C(C4)C2C(C)C31. The highest BCUT2D eigenvalue weighted by molar-refractivity contribution is 5.17. The van der Waals surface area contributed by atoms with Crippen molar-refractivity contribution in [3.8, 4) is 0 Å². The zero-order chi connectivity index (χ0) is 19.5. The predicted octanol–water partition coefficient (Wildman–Crippen LogP) is 7.39. The first-order valence-corrected chi connectivity index (χ1v) is 13.5. The van der Waals surface area contributed by atoms with Crippen molar-refractivity contribution < 1.29 is 0 Å². The second-order valence-electron chi connectivity index (χ2n) is 13.0. The van der Waals surface area contributed by atoms with Gasteiger partial charge in [0.25, 0.3) is 0 Å². The quantitative estimate of drug-likeness (QED) is 0.467. The largest absolute Gasteiger partial charge is 0.0651 e. The molecule has 0 aromatic heterocycles. The topological polar surface area (TPSA) is 0 Å². The van der Waals surface area contributed by atoms with Gasteiger partial charge >= 0.3 is 0 Å². The van der Waals surface area contributed by atoms with Crippen LogP contribution >= 0.6 is 0 Å². The number of fused-ring (bicyclic) bond motifs is 13. The fourth-order valence-corrected chi connectivity index (χ4v) is 12.4. The van der Waals surface area contributed by atoms with Gasteiger partial charge in [-0.1, -0.05) is 54.4 Å². The van der Waals surface area contributed by atoms with E-state index >= 15 is 0 Å². The van der Waals surface area contributed by atoms with Crippen molar-refractivity contribution in [1.82, 2.24) is 0 Å². The third-order valence-corrected chi connectivity index (χ3v) is 12.8. The van der Waals surface area contributed by atoms with E-state index in [1.807, 2.05) is 0 Å². The van der Waals surface area contributed by atoms with E-state index in [1.54, 1.807) is 19.3 Å². The number of rotatable bonds is 2. The minimum atomic E-state index is 1.01. The van der Waals surface area contributed by atoms with E-state index in [2.05, 4.69) is 41.5 Å². The lowest BCUT2D eigenvalue weighted by Gasteiger charge is -2.60. The fraction of sp³-hybridized carbons (Fsp3) is 1.00. The molecule has 158 valence electrons. The van der Waals surface area contributed by atoms with Gasteiger partial charge < -0.3 is 0 Å². The number of hydrogen-bond acceptors (Lipinski definition) is 0. The summed E-state index contributed by atoms with van der Waals surface area (Å²) in [5.41, 5.74) is 0. The van der Waals surface area contributed by atoms with Crippen molar-refractivity contribution in [2.45, 2.75) is 80.1 Å². The molecule has 6 fully saturated rings. The molecule has 0 spiro atoms. The molecule has 0 amide bonds. The Hall–Kier alpha value is 0. The van der Waals surface area contributed by atoms with Gasteiger partial charge in [0.1, 0.15) is 0 Å². The van der Waals surface area contributed by atoms with Crippen LogP contribution in [0.3, 0.4) is 0 Å². The second-order valence-corrected chi connectivity index (χ2v) is 13.0. The van der Waals surface area contributed by atoms with Crippen LogP contribution in [0.15, 0.2) is 0 Å². The Morgan fingerprint density at radius 3 is 1.75 bits per heavy atom. The molecule has 6 saturated carbocycles. The summed E-state index contributed by atoms with van der Waals surface area (Å²) in [4.78, 5) is 0. The smallest absolute Gasteiger partial charge is 0.0320 e. The fourth-order valence-electron chi connectivity index (χ4n) is 12.4. The average molecular weight is 383 g/mol. The summed E-state index contributed by atoms with van der Waals surface area (Å²) in [6.45, 7) is 15.8. The Balaban J connectivity index is 1.35. The van der Waals surface area contributed by atoms with Crippen molar-refractivity contribution >= 4 is 0 Å². The molecule has 0 nitrogen and oxygen atoms in total. The summed E-state index contributed by atoms with van der Waals surface area (Å²) in [5.74, 6) is 17.2. The highest BCUT2D eigenvalue weighted by Gasteiger charge is 2.69. The summed E-state index contributed by atoms with van der Waals surface area (Å²) in [6, 6.07) is 0. The van der Waals surface area contributed by atoms with Crippen LogP contribution in [0.25, 0.3) is 0 Å². The van der Waals surface area contributed by atoms with E-state index in [9.17, 15) is 0 Å². The Bertz CT molecular complexity index is 622. The Morgan fingerprint density at radius 1 is 0.500 bits per heavy atom. The molecule has 0 aromatic rings. The first-order chi connectivity index (χ1) is 13.5. The molecule has 6 aliphatic carbocycles. The summed E-state index contributed by atoms with van der Waals surface area (Å²) >= 11 is 0. The molecule has 0 heteroatoms. The molecule has 16 unspecified atom stereocenters. The zero-order valence-electron chi connectivity index (χ0n) is 19.5. The molecule has 6 rings (SSSR count). The molecule has 0 aromatic carbocycles. The van der Waals surface area contributed by atoms with Gasteiger partial charge in [-0.05, 0) is 120 Å². The van der Waals surface area contributed by atoms with E-state index < -0.39 is 0 Å². The van der Waals surface area contributed by atoms with Crippen LogP contribution < -0.4 is 0 Å². The van der Waals surface area contributed by atoms with Gasteiger partial charge in [-0.25, -0.2) is 0 Å². The van der Waals surface area contributed by atoms with Crippen molar-refractivity contribution in [1.29, 1.82) is 0 Å². The maximum atomic E-state index is 2.76. The van der Waals surface area contributed by atoms with Crippen molar-refractivity contribution in [3.05, 3.63) is 0 Å². The van der Waals surface area contributed by atoms with Gasteiger partial charge in [0, 0.05) is 0 Å². The van der Waals surface area contributed by atoms with Gasteiger partial charge in [-0.3, -0.25) is 0 Å². The molecule has 6 aliphatic rings. The van der Waals surface area contributed by atoms with Crippen LogP contribution in [-0.4, -0.2) is 0 Å². The van der Waals surface area contributed by atoms with Crippen molar-refractivity contribution in [2.24, 2.45) is 94.7 Å². The van der Waals surface area contributed by atoms with E-state index in [1.165, 1.54) is 19.3 Å². The molecule has 0 heterocycles. The van der Waals surface area contributed by atoms with Crippen LogP contribution in [0.4, 0.5) is 0 Å². The molecule has 0 radical (unpaired) electrons. The molecular formula is C28H46. The Kier molecular flexibility index (Phi) is 4.19. The van der Waals surface area contributed by atoms with Gasteiger partial charge in [-0.15, -0.1) is 0 Å². The summed E-state index contributed by atoms with van der Waals surface area (Å²) < 4.78 is 0. The third kappa shape index (κ3) is 2.10. The monoisotopic (exact) mass is 382 g/mol. The summed E-state index contributed by atoms with van der Waals surface area (Å²) in [6.07, 6.45) is 9.29. The van der Waals surface area contributed by atoms with Gasteiger partial charge in [0.15, 0.2) is 0 Å². The lowest BCUT2D eigenvalue weighted by molar-refractivity contribution is -0.124. The van der Waals surface area contributed by atoms with E-state index in [0.717, 1.165) is 94.7 Å². The Labute approximate surface area is 175 Å². The average Bonchev–Trinajstić information content (AvgIpc) is 3.44. The standard InChI is InChI=1S/C28H46/c1-7-17-9-13(3)23-21-12-22(25(23)14(17)4)27-15(5)24-19-10-18(8-2)20(11-19)26(24)16(6)28(21)27/h13-28H,7-12H2,1-6H3. The van der Waals surface area contributed by atoms with Crippen LogP contribution in [0, 0.1) is 94.7 Å². The van der Waals surface area contributed by atoms with E-state index in [4.69, 9.17) is 0 Å². The van der Waals surface area contributed by atoms with Crippen LogP contribution in [0.1, 0.15) is 80.1 Å². The highest BCUT2D eigenvalue weighted by Crippen LogP contribution is 2.75. The summed E-state index contributed by atoms with van der Waals surface area (Å²) in [7, 11) is 0. The second kappa shape index (κ2) is 6.26. The normalized spacial score (nSPS) is 66.6. The third-order valence-electron chi connectivity index (χ3n) is 12.8. The lowest BCUT2D eigenvalue weighted by atomic mass is 9.45. The van der Waals surface area contributed by atoms with Crippen LogP contribution in [-0.2, 0) is 0 Å². The van der Waals surface area contributed by atoms with E-state index in [-0.39, 0.29) is 0 Å². The first kappa shape index (κ1) is 18.7. The molecule has 0 aliphatic heterocycles. The first-order valence-electron chi connectivity index (χ1n) is 13.5. The maximum absolute atomic E-state index is 2.76. The van der Waals surface area contributed by atoms with Crippen molar-refractivity contribution in [2.75, 3.05) is 0 Å². The lowest BCUT2D eigenvalue weighted by Crippen LogP contribution is -2.55. The van der Waals surface area contributed by atoms with Gasteiger partial charge in [0.05, 0.1) is 0 Å². The number of hydrogen-bond donors (Lipinski definition) is 0. The summed E-state index contributed by atoms with van der Waals surface area (Å²) in [5, 5.41) is 0. The van der Waals surface area contributed by atoms with Crippen LogP contribution in [0.2, 0.25) is 0 Å². The molecule has 16 atom stereocenters. The zero-order valence-corrected chi connectivity index (χ0v) is 19.5. The minimum Gasteiger partial charge on any atom is -0.0651 e. The minimum absolute atomic E-state index is 1.01. The van der Waals surface area contributed by atoms with E-state index in [0.29, 0.717) is 0 Å². The predicted molar refractivity (Wildman–Crippen MR) is 118 cm³/mol. The maximum Gasteiger partial charge on any atom is -0.0320 e. The molecular weight excluding hydrogens is 336 g/mol. The van der Waals surface area contributed by atoms with Crippen molar-refractivity contribution in [3.63, 3.8) is 0 Å². The van der Waals surface area contributed by atoms with Gasteiger partial charge in [0.2, 0.25) is 0 Å². The molecule has 4 bridgehead atoms. The highest BCUT2D eigenvalue weighted by atomic mass is 14.7. The van der Waals surface area contributed by atoms with Crippen LogP contribution in [0.5, 0.6) is 0 Å². The molecule has 0 saturated heterocycles. The van der Waals surface area contributed by atoms with Gasteiger partial charge in [-0.2, -0.15) is 0 Å².